The Balaban J connectivity index is 3.43. The van der Waals surface area contributed by atoms with Crippen LogP contribution in [-0.2, 0) is 9.53 Å². The number of methoxy groups -OCH3 is 1. The summed E-state index contributed by atoms with van der Waals surface area (Å²) in [5.74, 6) is -0.0890. The summed E-state index contributed by atoms with van der Waals surface area (Å²) in [6.45, 7) is 3.07. The first-order valence-corrected chi connectivity index (χ1v) is 4.24. The molecule has 0 radical (unpaired) electrons. The molecular weight excluding hydrogens is 156 g/mol. The molecule has 1 atom stereocenters. The number of carbonyl (C=O) groups excluding carboxylic acids is 1. The van der Waals surface area contributed by atoms with E-state index in [9.17, 15) is 4.79 Å². The van der Waals surface area contributed by atoms with Crippen molar-refractivity contribution in [2.24, 2.45) is 5.73 Å². The maximum atomic E-state index is 11.1. The molecule has 0 saturated heterocycles. The van der Waals surface area contributed by atoms with Gasteiger partial charge in [-0.15, -0.1) is 0 Å². The van der Waals surface area contributed by atoms with E-state index in [4.69, 9.17) is 10.5 Å². The van der Waals surface area contributed by atoms with Crippen LogP contribution in [0.5, 0.6) is 0 Å². The monoisotopic (exact) mass is 174 g/mol. The van der Waals surface area contributed by atoms with Crippen LogP contribution in [0.15, 0.2) is 0 Å². The number of rotatable bonds is 6. The third-order valence-corrected chi connectivity index (χ3v) is 1.54. The molecule has 0 saturated carbocycles. The van der Waals surface area contributed by atoms with E-state index in [1.54, 1.807) is 7.11 Å². The molecule has 72 valence electrons. The second-order valence-electron chi connectivity index (χ2n) is 2.68. The fourth-order valence-corrected chi connectivity index (χ4v) is 0.849. The van der Waals surface area contributed by atoms with Crippen molar-refractivity contribution in [3.8, 4) is 0 Å². The third-order valence-electron chi connectivity index (χ3n) is 1.54. The average molecular weight is 174 g/mol. The van der Waals surface area contributed by atoms with Gasteiger partial charge in [-0.1, -0.05) is 13.3 Å². The van der Waals surface area contributed by atoms with Gasteiger partial charge in [-0.3, -0.25) is 4.79 Å². The predicted molar refractivity (Wildman–Crippen MR) is 47.8 cm³/mol. The fourth-order valence-electron chi connectivity index (χ4n) is 0.849. The van der Waals surface area contributed by atoms with Gasteiger partial charge in [0.25, 0.3) is 0 Å². The minimum absolute atomic E-state index is 0.0890. The SMILES string of the molecule is CCC[C@@H](N)C(=O)NCCOC. The molecule has 0 heterocycles. The molecule has 4 heteroatoms. The summed E-state index contributed by atoms with van der Waals surface area (Å²) in [5, 5.41) is 2.68. The van der Waals surface area contributed by atoms with Crippen molar-refractivity contribution >= 4 is 5.91 Å². The molecule has 0 aliphatic rings. The summed E-state index contributed by atoms with van der Waals surface area (Å²) in [6, 6.07) is -0.369. The van der Waals surface area contributed by atoms with Crippen LogP contribution in [0.4, 0.5) is 0 Å². The quantitative estimate of drug-likeness (QED) is 0.552. The Morgan fingerprint density at radius 3 is 2.83 bits per heavy atom. The lowest BCUT2D eigenvalue weighted by atomic mass is 10.2. The van der Waals surface area contributed by atoms with Crippen LogP contribution in [0.3, 0.4) is 0 Å². The Bertz CT molecular complexity index is 128. The summed E-state index contributed by atoms with van der Waals surface area (Å²) in [5.41, 5.74) is 5.56. The number of amides is 1. The summed E-state index contributed by atoms with van der Waals surface area (Å²) >= 11 is 0. The maximum absolute atomic E-state index is 11.1. The summed E-state index contributed by atoms with van der Waals surface area (Å²) in [7, 11) is 1.60. The molecule has 0 bridgehead atoms. The highest BCUT2D eigenvalue weighted by Gasteiger charge is 2.10. The van der Waals surface area contributed by atoms with Crippen LogP contribution in [-0.4, -0.2) is 32.2 Å². The van der Waals surface area contributed by atoms with Crippen molar-refractivity contribution in [1.29, 1.82) is 0 Å². The van der Waals surface area contributed by atoms with Gasteiger partial charge in [0.1, 0.15) is 0 Å². The molecule has 3 N–H and O–H groups in total. The normalized spacial score (nSPS) is 12.6. The van der Waals surface area contributed by atoms with Gasteiger partial charge in [0.05, 0.1) is 12.6 Å². The minimum Gasteiger partial charge on any atom is -0.383 e. The van der Waals surface area contributed by atoms with Crippen LogP contribution < -0.4 is 11.1 Å². The van der Waals surface area contributed by atoms with Gasteiger partial charge in [-0.2, -0.15) is 0 Å². The van der Waals surface area contributed by atoms with E-state index in [0.717, 1.165) is 12.8 Å². The van der Waals surface area contributed by atoms with Gasteiger partial charge in [0, 0.05) is 13.7 Å². The van der Waals surface area contributed by atoms with Gasteiger partial charge in [-0.05, 0) is 6.42 Å². The van der Waals surface area contributed by atoms with Crippen molar-refractivity contribution in [3.63, 3.8) is 0 Å². The Morgan fingerprint density at radius 1 is 1.67 bits per heavy atom. The third kappa shape index (κ3) is 5.09. The lowest BCUT2D eigenvalue weighted by Crippen LogP contribution is -2.41. The highest BCUT2D eigenvalue weighted by Crippen LogP contribution is 1.92. The number of nitrogens with two attached hydrogens (primary N) is 1. The highest BCUT2D eigenvalue weighted by atomic mass is 16.5. The van der Waals surface area contributed by atoms with Gasteiger partial charge in [0.15, 0.2) is 0 Å². The largest absolute Gasteiger partial charge is 0.383 e. The van der Waals surface area contributed by atoms with E-state index in [1.807, 2.05) is 6.92 Å². The number of ether oxygens (including phenoxy) is 1. The number of hydrogen-bond acceptors (Lipinski definition) is 3. The molecule has 0 aliphatic carbocycles. The van der Waals surface area contributed by atoms with Gasteiger partial charge < -0.3 is 15.8 Å². The molecule has 12 heavy (non-hydrogen) atoms. The Kier molecular flexibility index (Phi) is 6.70. The molecule has 0 aromatic heterocycles. The van der Waals surface area contributed by atoms with E-state index in [-0.39, 0.29) is 11.9 Å². The Labute approximate surface area is 73.5 Å². The summed E-state index contributed by atoms with van der Waals surface area (Å²) < 4.78 is 4.78. The molecule has 0 aromatic rings. The zero-order chi connectivity index (χ0) is 9.40. The fraction of sp³-hybridized carbons (Fsp3) is 0.875. The van der Waals surface area contributed by atoms with E-state index in [1.165, 1.54) is 0 Å². The highest BCUT2D eigenvalue weighted by molar-refractivity contribution is 5.81. The van der Waals surface area contributed by atoms with Crippen LogP contribution in [0.1, 0.15) is 19.8 Å². The van der Waals surface area contributed by atoms with Crippen molar-refractivity contribution in [2.75, 3.05) is 20.3 Å². The topological polar surface area (TPSA) is 64.4 Å². The predicted octanol–water partition coefficient (Wildman–Crippen LogP) is -0.124. The van der Waals surface area contributed by atoms with E-state index >= 15 is 0 Å². The maximum Gasteiger partial charge on any atom is 0.236 e. The van der Waals surface area contributed by atoms with Crippen LogP contribution in [0.25, 0.3) is 0 Å². The van der Waals surface area contributed by atoms with E-state index in [2.05, 4.69) is 5.32 Å². The Morgan fingerprint density at radius 2 is 2.33 bits per heavy atom. The van der Waals surface area contributed by atoms with Gasteiger partial charge in [-0.25, -0.2) is 0 Å². The van der Waals surface area contributed by atoms with E-state index < -0.39 is 0 Å². The molecule has 0 unspecified atom stereocenters. The number of carbonyl (C=O) groups is 1. The van der Waals surface area contributed by atoms with Gasteiger partial charge in [0.2, 0.25) is 5.91 Å². The van der Waals surface area contributed by atoms with E-state index in [0.29, 0.717) is 13.2 Å². The summed E-state index contributed by atoms with van der Waals surface area (Å²) in [6.07, 6.45) is 1.66. The average Bonchev–Trinajstić information content (AvgIpc) is 2.05. The lowest BCUT2D eigenvalue weighted by Gasteiger charge is -2.10. The molecular formula is C8H18N2O2. The summed E-state index contributed by atoms with van der Waals surface area (Å²) in [4.78, 5) is 11.1. The first kappa shape index (κ1) is 11.4. The molecule has 0 aliphatic heterocycles. The lowest BCUT2D eigenvalue weighted by molar-refractivity contribution is -0.122. The van der Waals surface area contributed by atoms with Crippen molar-refractivity contribution in [2.45, 2.75) is 25.8 Å². The van der Waals surface area contributed by atoms with Crippen LogP contribution >= 0.6 is 0 Å². The molecule has 0 spiro atoms. The number of hydrogen-bond donors (Lipinski definition) is 2. The second-order valence-corrected chi connectivity index (χ2v) is 2.68. The molecule has 0 aromatic carbocycles. The molecule has 0 rings (SSSR count). The second kappa shape index (κ2) is 7.06. The van der Waals surface area contributed by atoms with Crippen molar-refractivity contribution in [1.82, 2.24) is 5.32 Å². The first-order valence-electron chi connectivity index (χ1n) is 4.24. The molecule has 1 amide bonds. The van der Waals surface area contributed by atoms with Gasteiger partial charge >= 0.3 is 0 Å². The minimum atomic E-state index is -0.369. The van der Waals surface area contributed by atoms with Crippen LogP contribution in [0, 0.1) is 0 Å². The zero-order valence-corrected chi connectivity index (χ0v) is 7.80. The standard InChI is InChI=1S/C8H18N2O2/c1-3-4-7(9)8(11)10-5-6-12-2/h7H,3-6,9H2,1-2H3,(H,10,11)/t7-/m1/s1. The first-order chi connectivity index (χ1) is 5.72. The molecule has 4 nitrogen and oxygen atoms in total. The smallest absolute Gasteiger partial charge is 0.236 e. The zero-order valence-electron chi connectivity index (χ0n) is 7.80. The van der Waals surface area contributed by atoms with Crippen LogP contribution in [0.2, 0.25) is 0 Å². The van der Waals surface area contributed by atoms with Crippen molar-refractivity contribution in [3.05, 3.63) is 0 Å². The molecule has 0 fully saturated rings. The van der Waals surface area contributed by atoms with Crippen molar-refractivity contribution < 1.29 is 9.53 Å². The Hall–Kier alpha value is -0.610. The number of nitrogens with one attached hydrogen (secondary N) is 1.